The Morgan fingerprint density at radius 1 is 1.64 bits per heavy atom. The lowest BCUT2D eigenvalue weighted by molar-refractivity contribution is 0.0696. The third-order valence-corrected chi connectivity index (χ3v) is 2.17. The summed E-state index contributed by atoms with van der Waals surface area (Å²) in [5, 5.41) is 12.4. The Morgan fingerprint density at radius 3 is 3.00 bits per heavy atom. The molecule has 6 heteroatoms. The molecule has 0 spiro atoms. The fourth-order valence-electron chi connectivity index (χ4n) is 1.14. The van der Waals surface area contributed by atoms with Crippen molar-refractivity contribution in [2.45, 2.75) is 0 Å². The SMILES string of the molecule is O=C(O)c1cnn2cc(F)cc2c1Cl. The van der Waals surface area contributed by atoms with Gasteiger partial charge in [-0.15, -0.1) is 0 Å². The second kappa shape index (κ2) is 2.95. The quantitative estimate of drug-likeness (QED) is 0.788. The highest BCUT2D eigenvalue weighted by Crippen LogP contribution is 2.22. The van der Waals surface area contributed by atoms with E-state index in [0.717, 1.165) is 18.5 Å². The minimum Gasteiger partial charge on any atom is -0.478 e. The fraction of sp³-hybridized carbons (Fsp3) is 0. The van der Waals surface area contributed by atoms with E-state index in [4.69, 9.17) is 16.7 Å². The smallest absolute Gasteiger partial charge is 0.338 e. The van der Waals surface area contributed by atoms with E-state index in [0.29, 0.717) is 0 Å². The third-order valence-electron chi connectivity index (χ3n) is 1.77. The van der Waals surface area contributed by atoms with Crippen molar-refractivity contribution in [2.75, 3.05) is 0 Å². The first-order chi connectivity index (χ1) is 6.59. The Kier molecular flexibility index (Phi) is 1.89. The number of rotatable bonds is 1. The second-order valence-electron chi connectivity index (χ2n) is 2.67. The van der Waals surface area contributed by atoms with Crippen molar-refractivity contribution in [1.29, 1.82) is 0 Å². The molecular formula is C8H4ClFN2O2. The summed E-state index contributed by atoms with van der Waals surface area (Å²) in [7, 11) is 0. The van der Waals surface area contributed by atoms with Gasteiger partial charge in [-0.3, -0.25) is 0 Å². The summed E-state index contributed by atoms with van der Waals surface area (Å²) in [5.74, 6) is -1.70. The Morgan fingerprint density at radius 2 is 2.36 bits per heavy atom. The van der Waals surface area contributed by atoms with E-state index in [2.05, 4.69) is 5.10 Å². The predicted octanol–water partition coefficient (Wildman–Crippen LogP) is 1.82. The monoisotopic (exact) mass is 214 g/mol. The minimum absolute atomic E-state index is 0.0172. The lowest BCUT2D eigenvalue weighted by atomic mass is 10.3. The maximum Gasteiger partial charge on any atom is 0.338 e. The van der Waals surface area contributed by atoms with Gasteiger partial charge in [0.1, 0.15) is 11.4 Å². The number of carboxylic acid groups (broad SMARTS) is 1. The van der Waals surface area contributed by atoms with Crippen LogP contribution in [-0.2, 0) is 0 Å². The van der Waals surface area contributed by atoms with E-state index in [-0.39, 0.29) is 16.1 Å². The van der Waals surface area contributed by atoms with Crippen molar-refractivity contribution in [1.82, 2.24) is 9.61 Å². The number of hydrogen-bond donors (Lipinski definition) is 1. The summed E-state index contributed by atoms with van der Waals surface area (Å²) < 4.78 is 14.0. The lowest BCUT2D eigenvalue weighted by Gasteiger charge is -1.99. The van der Waals surface area contributed by atoms with Gasteiger partial charge < -0.3 is 5.11 Å². The Hall–Kier alpha value is -1.62. The van der Waals surface area contributed by atoms with Gasteiger partial charge in [0.05, 0.1) is 22.9 Å². The van der Waals surface area contributed by atoms with Gasteiger partial charge in [0, 0.05) is 6.07 Å². The van der Waals surface area contributed by atoms with E-state index >= 15 is 0 Å². The number of carbonyl (C=O) groups is 1. The summed E-state index contributed by atoms with van der Waals surface area (Å²) in [6.07, 6.45) is 2.20. The van der Waals surface area contributed by atoms with Gasteiger partial charge in [-0.2, -0.15) is 5.10 Å². The summed E-state index contributed by atoms with van der Waals surface area (Å²) in [5.41, 5.74) is 0.0985. The van der Waals surface area contributed by atoms with Crippen molar-refractivity contribution in [3.05, 3.63) is 34.9 Å². The number of aromatic nitrogens is 2. The van der Waals surface area contributed by atoms with Crippen molar-refractivity contribution < 1.29 is 14.3 Å². The van der Waals surface area contributed by atoms with Gasteiger partial charge in [-0.05, 0) is 0 Å². The Balaban J connectivity index is 2.80. The molecule has 72 valence electrons. The minimum atomic E-state index is -1.19. The molecule has 0 unspecified atom stereocenters. The highest BCUT2D eigenvalue weighted by Gasteiger charge is 2.13. The molecule has 0 aliphatic carbocycles. The molecule has 2 aromatic rings. The van der Waals surface area contributed by atoms with E-state index in [1.54, 1.807) is 0 Å². The maximum atomic E-state index is 12.8. The number of halogens is 2. The molecule has 0 bridgehead atoms. The number of nitrogens with zero attached hydrogens (tertiary/aromatic N) is 2. The summed E-state index contributed by atoms with van der Waals surface area (Å²) in [6.45, 7) is 0. The molecule has 2 aromatic heterocycles. The molecule has 2 heterocycles. The van der Waals surface area contributed by atoms with E-state index in [1.165, 1.54) is 4.52 Å². The van der Waals surface area contributed by atoms with Crippen LogP contribution >= 0.6 is 11.6 Å². The molecule has 0 aromatic carbocycles. The van der Waals surface area contributed by atoms with Crippen LogP contribution in [0.15, 0.2) is 18.5 Å². The van der Waals surface area contributed by atoms with Gasteiger partial charge in [0.25, 0.3) is 0 Å². The molecule has 0 saturated carbocycles. The van der Waals surface area contributed by atoms with Gasteiger partial charge in [0.15, 0.2) is 0 Å². The second-order valence-corrected chi connectivity index (χ2v) is 3.04. The van der Waals surface area contributed by atoms with Gasteiger partial charge in [0.2, 0.25) is 0 Å². The molecule has 4 nitrogen and oxygen atoms in total. The number of carboxylic acids is 1. The molecule has 0 atom stereocenters. The normalized spacial score (nSPS) is 10.7. The molecule has 0 fully saturated rings. The molecule has 14 heavy (non-hydrogen) atoms. The zero-order valence-electron chi connectivity index (χ0n) is 6.74. The number of aromatic carboxylic acids is 1. The van der Waals surface area contributed by atoms with Crippen LogP contribution in [-0.4, -0.2) is 20.7 Å². The third kappa shape index (κ3) is 1.22. The van der Waals surface area contributed by atoms with Crippen LogP contribution in [0.5, 0.6) is 0 Å². The molecule has 2 rings (SSSR count). The van der Waals surface area contributed by atoms with Gasteiger partial charge in [-0.1, -0.05) is 11.6 Å². The van der Waals surface area contributed by atoms with Crippen LogP contribution < -0.4 is 0 Å². The summed E-state index contributed by atoms with van der Waals surface area (Å²) >= 11 is 5.74. The lowest BCUT2D eigenvalue weighted by Crippen LogP contribution is -2.01. The molecule has 0 saturated heterocycles. The van der Waals surface area contributed by atoms with Crippen LogP contribution in [0, 0.1) is 5.82 Å². The van der Waals surface area contributed by atoms with Crippen molar-refractivity contribution in [3.63, 3.8) is 0 Å². The fourth-order valence-corrected chi connectivity index (χ4v) is 1.41. The van der Waals surface area contributed by atoms with Gasteiger partial charge >= 0.3 is 5.97 Å². The van der Waals surface area contributed by atoms with Crippen molar-refractivity contribution >= 4 is 23.1 Å². The maximum absolute atomic E-state index is 12.8. The molecule has 0 radical (unpaired) electrons. The molecular weight excluding hydrogens is 211 g/mol. The van der Waals surface area contributed by atoms with Gasteiger partial charge in [-0.25, -0.2) is 13.7 Å². The highest BCUT2D eigenvalue weighted by atomic mass is 35.5. The van der Waals surface area contributed by atoms with E-state index in [9.17, 15) is 9.18 Å². The Bertz CT molecular complexity index is 523. The first kappa shape index (κ1) is 8.96. The molecule has 0 aliphatic heterocycles. The summed E-state index contributed by atoms with van der Waals surface area (Å²) in [4.78, 5) is 10.6. The first-order valence-corrected chi connectivity index (χ1v) is 4.03. The van der Waals surface area contributed by atoms with Crippen LogP contribution in [0.4, 0.5) is 4.39 Å². The van der Waals surface area contributed by atoms with E-state index in [1.807, 2.05) is 0 Å². The first-order valence-electron chi connectivity index (χ1n) is 3.65. The zero-order chi connectivity index (χ0) is 10.3. The standard InChI is InChI=1S/C8H4ClFN2O2/c9-7-5(8(13)14)2-11-12-3-4(10)1-6(7)12/h1-3H,(H,13,14). The van der Waals surface area contributed by atoms with Crippen molar-refractivity contribution in [2.24, 2.45) is 0 Å². The van der Waals surface area contributed by atoms with Crippen LogP contribution in [0.3, 0.4) is 0 Å². The largest absolute Gasteiger partial charge is 0.478 e. The Labute approximate surface area is 82.5 Å². The van der Waals surface area contributed by atoms with E-state index < -0.39 is 11.8 Å². The highest BCUT2D eigenvalue weighted by molar-refractivity contribution is 6.36. The average molecular weight is 215 g/mol. The van der Waals surface area contributed by atoms with Crippen LogP contribution in [0.25, 0.3) is 5.52 Å². The van der Waals surface area contributed by atoms with Crippen LogP contribution in [0.1, 0.15) is 10.4 Å². The number of fused-ring (bicyclic) bond motifs is 1. The average Bonchev–Trinajstić information content (AvgIpc) is 2.46. The molecule has 1 N–H and O–H groups in total. The molecule has 0 aliphatic rings. The van der Waals surface area contributed by atoms with Crippen LogP contribution in [0.2, 0.25) is 5.02 Å². The predicted molar refractivity (Wildman–Crippen MR) is 47.1 cm³/mol. The topological polar surface area (TPSA) is 54.6 Å². The van der Waals surface area contributed by atoms with Crippen molar-refractivity contribution in [3.8, 4) is 0 Å². The molecule has 0 amide bonds. The number of hydrogen-bond acceptors (Lipinski definition) is 2. The zero-order valence-corrected chi connectivity index (χ0v) is 7.49. The summed E-state index contributed by atoms with van der Waals surface area (Å²) in [6, 6.07) is 1.13.